The van der Waals surface area contributed by atoms with E-state index in [4.69, 9.17) is 4.74 Å². The number of aliphatic hydroxyl groups is 2. The van der Waals surface area contributed by atoms with Gasteiger partial charge in [0.25, 0.3) is 0 Å². The third kappa shape index (κ3) is 3.58. The van der Waals surface area contributed by atoms with Gasteiger partial charge in [-0.15, -0.1) is 0 Å². The van der Waals surface area contributed by atoms with E-state index in [0.717, 1.165) is 37.2 Å². The van der Waals surface area contributed by atoms with Crippen LogP contribution in [0.15, 0.2) is 0 Å². The molecule has 0 aromatic heterocycles. The smallest absolute Gasteiger partial charge is 0.0824 e. The van der Waals surface area contributed by atoms with E-state index < -0.39 is 11.2 Å². The molecule has 4 rings (SSSR count). The number of rotatable bonds is 4. The van der Waals surface area contributed by atoms with Crippen LogP contribution < -0.4 is 0 Å². The van der Waals surface area contributed by atoms with Crippen molar-refractivity contribution in [1.29, 1.82) is 0 Å². The lowest BCUT2D eigenvalue weighted by molar-refractivity contribution is -0.149. The summed E-state index contributed by atoms with van der Waals surface area (Å²) >= 11 is 0. The van der Waals surface area contributed by atoms with Gasteiger partial charge in [0.1, 0.15) is 0 Å². The average Bonchev–Trinajstić information content (AvgIpc) is 2.91. The molecule has 0 unspecified atom stereocenters. The zero-order chi connectivity index (χ0) is 20.4. The van der Waals surface area contributed by atoms with Gasteiger partial charge in [-0.1, -0.05) is 13.8 Å². The van der Waals surface area contributed by atoms with Gasteiger partial charge in [0.15, 0.2) is 0 Å². The van der Waals surface area contributed by atoms with E-state index in [1.165, 1.54) is 44.9 Å². The highest BCUT2D eigenvalue weighted by Crippen LogP contribution is 2.67. The summed E-state index contributed by atoms with van der Waals surface area (Å²) in [5, 5.41) is 20.6. The summed E-state index contributed by atoms with van der Waals surface area (Å²) in [4.78, 5) is 0. The molecule has 4 aliphatic carbocycles. The minimum atomic E-state index is -0.730. The minimum Gasteiger partial charge on any atom is -0.390 e. The summed E-state index contributed by atoms with van der Waals surface area (Å²) in [6.45, 7) is 12.1. The number of fused-ring (bicyclic) bond motifs is 5. The molecule has 0 heterocycles. The van der Waals surface area contributed by atoms with Crippen molar-refractivity contribution in [3.8, 4) is 0 Å². The highest BCUT2D eigenvalue weighted by molar-refractivity contribution is 5.10. The van der Waals surface area contributed by atoms with Gasteiger partial charge in [0.2, 0.25) is 0 Å². The minimum absolute atomic E-state index is 0.421. The Labute approximate surface area is 172 Å². The first-order valence-corrected chi connectivity index (χ1v) is 12.0. The van der Waals surface area contributed by atoms with E-state index in [-0.39, 0.29) is 0 Å². The fourth-order valence-corrected chi connectivity index (χ4v) is 8.26. The molecule has 0 aromatic rings. The standard InChI is InChI=1S/C25H44O3/c1-22(2,26)16-28-15-18-7-9-20-19-8-6-17-14-23(3,27)12-13-25(17,5)21(19)10-11-24(18,20)4/h17-21,26-27H,6-16H2,1-5H3/t17-,18+,19-,20-,21-,23-,24+,25-/m0/s1. The van der Waals surface area contributed by atoms with Crippen LogP contribution in [0.2, 0.25) is 0 Å². The second-order valence-electron chi connectivity index (χ2n) is 12.5. The molecule has 2 N–H and O–H groups in total. The molecule has 3 nitrogen and oxygen atoms in total. The number of hydrogen-bond acceptors (Lipinski definition) is 3. The molecule has 0 aliphatic heterocycles. The first kappa shape index (κ1) is 21.1. The molecule has 0 aromatic carbocycles. The van der Waals surface area contributed by atoms with Gasteiger partial charge in [0.05, 0.1) is 24.4 Å². The fraction of sp³-hybridized carbons (Fsp3) is 1.00. The fourth-order valence-electron chi connectivity index (χ4n) is 8.26. The normalized spacial score (nSPS) is 51.3. The molecule has 28 heavy (non-hydrogen) atoms. The molecule has 162 valence electrons. The van der Waals surface area contributed by atoms with Crippen molar-refractivity contribution in [2.75, 3.05) is 13.2 Å². The molecule has 4 saturated carbocycles. The Morgan fingerprint density at radius 1 is 0.893 bits per heavy atom. The van der Waals surface area contributed by atoms with Crippen molar-refractivity contribution < 1.29 is 14.9 Å². The summed E-state index contributed by atoms with van der Waals surface area (Å²) in [7, 11) is 0. The molecule has 0 spiro atoms. The van der Waals surface area contributed by atoms with Gasteiger partial charge in [-0.2, -0.15) is 0 Å². The Morgan fingerprint density at radius 3 is 2.32 bits per heavy atom. The zero-order valence-electron chi connectivity index (χ0n) is 19.0. The molecule has 0 bridgehead atoms. The van der Waals surface area contributed by atoms with Crippen LogP contribution in [-0.4, -0.2) is 34.6 Å². The Hall–Kier alpha value is -0.120. The van der Waals surface area contributed by atoms with E-state index >= 15 is 0 Å². The van der Waals surface area contributed by atoms with Crippen LogP contribution in [0.4, 0.5) is 0 Å². The summed E-state index contributed by atoms with van der Waals surface area (Å²) < 4.78 is 5.98. The maximum atomic E-state index is 10.7. The van der Waals surface area contributed by atoms with Crippen molar-refractivity contribution >= 4 is 0 Å². The largest absolute Gasteiger partial charge is 0.390 e. The number of hydrogen-bond donors (Lipinski definition) is 2. The average molecular weight is 393 g/mol. The van der Waals surface area contributed by atoms with Gasteiger partial charge in [-0.3, -0.25) is 0 Å². The summed E-state index contributed by atoms with van der Waals surface area (Å²) in [5.74, 6) is 3.95. The highest BCUT2D eigenvalue weighted by Gasteiger charge is 2.60. The first-order chi connectivity index (χ1) is 12.9. The van der Waals surface area contributed by atoms with Gasteiger partial charge < -0.3 is 14.9 Å². The Balaban J connectivity index is 1.46. The Kier molecular flexibility index (Phi) is 5.25. The summed E-state index contributed by atoms with van der Waals surface area (Å²) in [5.41, 5.74) is -0.297. The summed E-state index contributed by atoms with van der Waals surface area (Å²) in [6, 6.07) is 0. The second-order valence-corrected chi connectivity index (χ2v) is 12.5. The van der Waals surface area contributed by atoms with Crippen molar-refractivity contribution in [3.63, 3.8) is 0 Å². The van der Waals surface area contributed by atoms with Gasteiger partial charge in [-0.05, 0) is 119 Å². The van der Waals surface area contributed by atoms with Crippen molar-refractivity contribution in [2.45, 2.75) is 104 Å². The SMILES string of the molecule is CC(C)(O)COC[C@H]1CC[C@H]2[C@@H]3CC[C@H]4C[C@@](C)(O)CC[C@]4(C)[C@H]3CC[C@]12C. The lowest BCUT2D eigenvalue weighted by atomic mass is 9.44. The molecule has 3 heteroatoms. The molecule has 8 atom stereocenters. The molecule has 0 radical (unpaired) electrons. The quantitative estimate of drug-likeness (QED) is 0.693. The van der Waals surface area contributed by atoms with Crippen LogP contribution in [-0.2, 0) is 4.74 Å². The van der Waals surface area contributed by atoms with E-state index in [2.05, 4.69) is 20.8 Å². The van der Waals surface area contributed by atoms with Crippen LogP contribution in [0, 0.1) is 40.4 Å². The van der Waals surface area contributed by atoms with Gasteiger partial charge in [0, 0.05) is 0 Å². The van der Waals surface area contributed by atoms with Crippen LogP contribution in [0.5, 0.6) is 0 Å². The first-order valence-electron chi connectivity index (χ1n) is 12.0. The molecule has 0 saturated heterocycles. The maximum absolute atomic E-state index is 10.7. The predicted octanol–water partition coefficient (Wildman–Crippen LogP) is 5.18. The van der Waals surface area contributed by atoms with Crippen molar-refractivity contribution in [3.05, 3.63) is 0 Å². The van der Waals surface area contributed by atoms with Crippen LogP contribution in [0.3, 0.4) is 0 Å². The van der Waals surface area contributed by atoms with Crippen molar-refractivity contribution in [2.24, 2.45) is 40.4 Å². The molecule has 4 fully saturated rings. The van der Waals surface area contributed by atoms with E-state index in [0.29, 0.717) is 29.3 Å². The monoisotopic (exact) mass is 392 g/mol. The zero-order valence-corrected chi connectivity index (χ0v) is 19.0. The van der Waals surface area contributed by atoms with Crippen LogP contribution in [0.25, 0.3) is 0 Å². The van der Waals surface area contributed by atoms with E-state index in [1.807, 2.05) is 13.8 Å². The van der Waals surface area contributed by atoms with Crippen LogP contribution in [0.1, 0.15) is 92.4 Å². The van der Waals surface area contributed by atoms with Gasteiger partial charge in [-0.25, -0.2) is 0 Å². The molecular weight excluding hydrogens is 348 g/mol. The lowest BCUT2D eigenvalue weighted by Gasteiger charge is -2.62. The molecule has 4 aliphatic rings. The summed E-state index contributed by atoms with van der Waals surface area (Å²) in [6.07, 6.45) is 11.3. The predicted molar refractivity (Wildman–Crippen MR) is 113 cm³/mol. The Bertz CT molecular complexity index is 579. The third-order valence-electron chi connectivity index (χ3n) is 9.92. The maximum Gasteiger partial charge on any atom is 0.0824 e. The van der Waals surface area contributed by atoms with E-state index in [1.54, 1.807) is 0 Å². The van der Waals surface area contributed by atoms with Crippen LogP contribution >= 0.6 is 0 Å². The van der Waals surface area contributed by atoms with Crippen molar-refractivity contribution in [1.82, 2.24) is 0 Å². The topological polar surface area (TPSA) is 49.7 Å². The highest BCUT2D eigenvalue weighted by atomic mass is 16.5. The second kappa shape index (κ2) is 6.95. The number of ether oxygens (including phenoxy) is 1. The van der Waals surface area contributed by atoms with E-state index in [9.17, 15) is 10.2 Å². The molecular formula is C25H44O3. The third-order valence-corrected chi connectivity index (χ3v) is 9.92. The van der Waals surface area contributed by atoms with Gasteiger partial charge >= 0.3 is 0 Å². The molecule has 0 amide bonds. The lowest BCUT2D eigenvalue weighted by Crippen LogP contribution is -2.55. The Morgan fingerprint density at radius 2 is 1.61 bits per heavy atom.